The second-order valence-electron chi connectivity index (χ2n) is 7.24. The summed E-state index contributed by atoms with van der Waals surface area (Å²) in [4.78, 5) is 25.1. The van der Waals surface area contributed by atoms with Gasteiger partial charge in [-0.05, 0) is 56.9 Å². The molecule has 0 bridgehead atoms. The maximum absolute atomic E-state index is 12.8. The Morgan fingerprint density at radius 2 is 1.78 bits per heavy atom. The number of carbonyl (C=O) groups is 2. The van der Waals surface area contributed by atoms with E-state index >= 15 is 0 Å². The van der Waals surface area contributed by atoms with Crippen molar-refractivity contribution in [2.75, 3.05) is 5.32 Å². The number of hydrogen-bond donors (Lipinski definition) is 2. The predicted molar refractivity (Wildman–Crippen MR) is 105 cm³/mol. The fourth-order valence-electron chi connectivity index (χ4n) is 3.17. The summed E-state index contributed by atoms with van der Waals surface area (Å²) in [7, 11) is 0. The van der Waals surface area contributed by atoms with Gasteiger partial charge in [0.1, 0.15) is 5.58 Å². The molecule has 3 aromatic rings. The van der Waals surface area contributed by atoms with E-state index < -0.39 is 0 Å². The van der Waals surface area contributed by atoms with Gasteiger partial charge in [-0.1, -0.05) is 24.3 Å². The second kappa shape index (κ2) is 6.58. The number of rotatable bonds is 4. The van der Waals surface area contributed by atoms with E-state index in [1.54, 1.807) is 12.1 Å². The Balaban J connectivity index is 1.62. The molecular formula is C22H22N2O3. The van der Waals surface area contributed by atoms with Crippen LogP contribution in [0.5, 0.6) is 0 Å². The number of amides is 2. The quantitative estimate of drug-likeness (QED) is 0.718. The largest absolute Gasteiger partial charge is 0.450 e. The smallest absolute Gasteiger partial charge is 0.291 e. The first-order chi connectivity index (χ1) is 12.9. The average Bonchev–Trinajstić information content (AvgIpc) is 3.39. The number of nitrogens with one attached hydrogen (secondary N) is 2. The summed E-state index contributed by atoms with van der Waals surface area (Å²) >= 11 is 0. The third-order valence-corrected chi connectivity index (χ3v) is 5.03. The Kier molecular flexibility index (Phi) is 4.22. The van der Waals surface area contributed by atoms with Crippen LogP contribution < -0.4 is 10.6 Å². The van der Waals surface area contributed by atoms with Crippen LogP contribution in [0.3, 0.4) is 0 Å². The summed E-state index contributed by atoms with van der Waals surface area (Å²) in [5.41, 5.74) is 4.57. The van der Waals surface area contributed by atoms with Crippen molar-refractivity contribution >= 4 is 28.5 Å². The van der Waals surface area contributed by atoms with Crippen LogP contribution in [0.1, 0.15) is 50.4 Å². The molecule has 0 unspecified atom stereocenters. The van der Waals surface area contributed by atoms with E-state index in [0.717, 1.165) is 40.5 Å². The highest BCUT2D eigenvalue weighted by molar-refractivity contribution is 6.07. The summed E-state index contributed by atoms with van der Waals surface area (Å²) in [5.74, 6) is -0.124. The van der Waals surface area contributed by atoms with Crippen molar-refractivity contribution < 1.29 is 14.0 Å². The number of furan rings is 1. The minimum absolute atomic E-state index is 0.108. The number of hydrogen-bond acceptors (Lipinski definition) is 3. The minimum atomic E-state index is -0.314. The van der Waals surface area contributed by atoms with Gasteiger partial charge in [0.05, 0.1) is 0 Å². The van der Waals surface area contributed by atoms with Gasteiger partial charge in [0, 0.05) is 28.2 Å². The van der Waals surface area contributed by atoms with Crippen molar-refractivity contribution in [3.63, 3.8) is 0 Å². The fourth-order valence-corrected chi connectivity index (χ4v) is 3.17. The molecule has 2 aromatic carbocycles. The molecule has 2 amide bonds. The zero-order valence-corrected chi connectivity index (χ0v) is 15.7. The lowest BCUT2D eigenvalue weighted by molar-refractivity contribution is 0.0949. The highest BCUT2D eigenvalue weighted by atomic mass is 16.3. The average molecular weight is 362 g/mol. The van der Waals surface area contributed by atoms with Gasteiger partial charge in [0.25, 0.3) is 11.8 Å². The van der Waals surface area contributed by atoms with Crippen LogP contribution in [0.25, 0.3) is 11.0 Å². The second-order valence-corrected chi connectivity index (χ2v) is 7.24. The van der Waals surface area contributed by atoms with Crippen LogP contribution in [0.2, 0.25) is 0 Å². The SMILES string of the molecule is Cc1ccc(C(=O)NC2CC2)cc1NC(=O)c1oc2c(C)cccc2c1C. The molecule has 2 N–H and O–H groups in total. The summed E-state index contributed by atoms with van der Waals surface area (Å²) in [6.07, 6.45) is 2.07. The molecule has 1 aromatic heterocycles. The topological polar surface area (TPSA) is 71.3 Å². The van der Waals surface area contributed by atoms with Gasteiger partial charge in [0.2, 0.25) is 0 Å². The standard InChI is InChI=1S/C22H22N2O3/c1-12-7-8-15(21(25)23-16-9-10-16)11-18(12)24-22(26)20-14(3)17-6-4-5-13(2)19(17)27-20/h4-8,11,16H,9-10H2,1-3H3,(H,23,25)(H,24,26). The molecule has 0 spiro atoms. The maximum atomic E-state index is 12.8. The van der Waals surface area contributed by atoms with E-state index in [0.29, 0.717) is 23.1 Å². The van der Waals surface area contributed by atoms with Crippen LogP contribution in [0.15, 0.2) is 40.8 Å². The highest BCUT2D eigenvalue weighted by Crippen LogP contribution is 2.29. The number of anilines is 1. The summed E-state index contributed by atoms with van der Waals surface area (Å²) in [6, 6.07) is 11.5. The summed E-state index contributed by atoms with van der Waals surface area (Å²) in [5, 5.41) is 6.80. The van der Waals surface area contributed by atoms with Crippen molar-refractivity contribution in [1.82, 2.24) is 5.32 Å². The van der Waals surface area contributed by atoms with E-state index in [2.05, 4.69) is 10.6 Å². The predicted octanol–water partition coefficient (Wildman–Crippen LogP) is 4.50. The maximum Gasteiger partial charge on any atom is 0.291 e. The lowest BCUT2D eigenvalue weighted by Crippen LogP contribution is -2.25. The molecule has 138 valence electrons. The van der Waals surface area contributed by atoms with Crippen LogP contribution in [-0.2, 0) is 0 Å². The van der Waals surface area contributed by atoms with Crippen molar-refractivity contribution in [3.05, 3.63) is 64.4 Å². The van der Waals surface area contributed by atoms with E-state index in [1.165, 1.54) is 0 Å². The zero-order valence-electron chi connectivity index (χ0n) is 15.7. The van der Waals surface area contributed by atoms with E-state index in [4.69, 9.17) is 4.42 Å². The fraction of sp³-hybridized carbons (Fsp3) is 0.273. The van der Waals surface area contributed by atoms with Crippen LogP contribution in [-0.4, -0.2) is 17.9 Å². The van der Waals surface area contributed by atoms with E-state index in [9.17, 15) is 9.59 Å². The normalized spacial score (nSPS) is 13.6. The van der Waals surface area contributed by atoms with Gasteiger partial charge < -0.3 is 15.1 Å². The Morgan fingerprint density at radius 3 is 2.48 bits per heavy atom. The van der Waals surface area contributed by atoms with E-state index in [-0.39, 0.29) is 11.8 Å². The van der Waals surface area contributed by atoms with Gasteiger partial charge >= 0.3 is 0 Å². The third-order valence-electron chi connectivity index (χ3n) is 5.03. The van der Waals surface area contributed by atoms with Crippen LogP contribution in [0.4, 0.5) is 5.69 Å². The molecule has 27 heavy (non-hydrogen) atoms. The first-order valence-electron chi connectivity index (χ1n) is 9.15. The molecule has 1 aliphatic rings. The lowest BCUT2D eigenvalue weighted by atomic mass is 10.1. The number of para-hydroxylation sites is 1. The van der Waals surface area contributed by atoms with Crippen molar-refractivity contribution in [3.8, 4) is 0 Å². The monoisotopic (exact) mass is 362 g/mol. The molecule has 4 rings (SSSR count). The molecule has 0 saturated heterocycles. The number of benzene rings is 2. The van der Waals surface area contributed by atoms with Gasteiger partial charge in [-0.2, -0.15) is 0 Å². The molecule has 1 fully saturated rings. The van der Waals surface area contributed by atoms with Gasteiger partial charge in [-0.25, -0.2) is 0 Å². The Morgan fingerprint density at radius 1 is 1.00 bits per heavy atom. The Hall–Kier alpha value is -3.08. The van der Waals surface area contributed by atoms with Gasteiger partial charge in [-0.3, -0.25) is 9.59 Å². The van der Waals surface area contributed by atoms with Crippen molar-refractivity contribution in [2.45, 2.75) is 39.7 Å². The number of aryl methyl sites for hydroxylation is 3. The number of fused-ring (bicyclic) bond motifs is 1. The van der Waals surface area contributed by atoms with Crippen molar-refractivity contribution in [2.24, 2.45) is 0 Å². The lowest BCUT2D eigenvalue weighted by Gasteiger charge is -2.10. The molecule has 5 heteroatoms. The van der Waals surface area contributed by atoms with Gasteiger partial charge in [0.15, 0.2) is 5.76 Å². The molecule has 0 atom stereocenters. The van der Waals surface area contributed by atoms with Gasteiger partial charge in [-0.15, -0.1) is 0 Å². The molecular weight excluding hydrogens is 340 g/mol. The van der Waals surface area contributed by atoms with Crippen LogP contribution >= 0.6 is 0 Å². The molecule has 1 aliphatic carbocycles. The Labute approximate surface area is 157 Å². The zero-order chi connectivity index (χ0) is 19.1. The van der Waals surface area contributed by atoms with Crippen LogP contribution in [0, 0.1) is 20.8 Å². The van der Waals surface area contributed by atoms with Crippen molar-refractivity contribution in [1.29, 1.82) is 0 Å². The minimum Gasteiger partial charge on any atom is -0.450 e. The molecule has 5 nitrogen and oxygen atoms in total. The first-order valence-corrected chi connectivity index (χ1v) is 9.15. The Bertz CT molecular complexity index is 1060. The first kappa shape index (κ1) is 17.3. The number of carbonyl (C=O) groups excluding carboxylic acids is 2. The molecule has 1 heterocycles. The molecule has 1 saturated carbocycles. The molecule has 0 radical (unpaired) electrons. The summed E-state index contributed by atoms with van der Waals surface area (Å²) < 4.78 is 5.85. The highest BCUT2D eigenvalue weighted by Gasteiger charge is 2.24. The molecule has 0 aliphatic heterocycles. The van der Waals surface area contributed by atoms with E-state index in [1.807, 2.05) is 45.0 Å². The summed E-state index contributed by atoms with van der Waals surface area (Å²) in [6.45, 7) is 5.74. The third kappa shape index (κ3) is 3.33.